The van der Waals surface area contributed by atoms with Crippen molar-refractivity contribution in [2.75, 3.05) is 0 Å². The minimum absolute atomic E-state index is 0.224. The molecule has 1 fully saturated rings. The lowest BCUT2D eigenvalue weighted by atomic mass is 9.80. The lowest BCUT2D eigenvalue weighted by Crippen LogP contribution is -2.60. The van der Waals surface area contributed by atoms with Gasteiger partial charge in [0, 0.05) is 23.9 Å². The first-order chi connectivity index (χ1) is 9.22. The molecule has 4 nitrogen and oxygen atoms in total. The summed E-state index contributed by atoms with van der Waals surface area (Å²) in [6.07, 6.45) is 0.884. The zero-order valence-electron chi connectivity index (χ0n) is 12.6. The average molecular weight is 276 g/mol. The molecule has 0 atom stereocenters. The topological polar surface area (TPSA) is 49.4 Å². The number of esters is 1. The minimum atomic E-state index is -0.524. The van der Waals surface area contributed by atoms with Crippen LogP contribution in [0.4, 0.5) is 0 Å². The summed E-state index contributed by atoms with van der Waals surface area (Å²) >= 11 is 0. The van der Waals surface area contributed by atoms with Gasteiger partial charge in [-0.25, -0.2) is 4.79 Å². The Bertz CT molecular complexity index is 464. The Labute approximate surface area is 120 Å². The minimum Gasteiger partial charge on any atom is -0.459 e. The third-order valence-corrected chi connectivity index (χ3v) is 3.84. The molecule has 0 aromatic heterocycles. The fraction of sp³-hybridized carbons (Fsp3) is 0.562. The SMILES string of the molecule is CC1(C)CC(OC(=O)c2ccccc2)CC(C)(C)N1[O]. The van der Waals surface area contributed by atoms with Crippen molar-refractivity contribution in [2.24, 2.45) is 0 Å². The van der Waals surface area contributed by atoms with Crippen molar-refractivity contribution in [1.82, 2.24) is 5.06 Å². The van der Waals surface area contributed by atoms with Gasteiger partial charge in [-0.05, 0) is 39.8 Å². The van der Waals surface area contributed by atoms with Gasteiger partial charge in [-0.2, -0.15) is 0 Å². The molecule has 1 aliphatic rings. The lowest BCUT2D eigenvalue weighted by molar-refractivity contribution is -0.298. The Hall–Kier alpha value is -1.39. The molecule has 0 saturated carbocycles. The highest BCUT2D eigenvalue weighted by atomic mass is 16.5. The van der Waals surface area contributed by atoms with Gasteiger partial charge in [-0.3, -0.25) is 0 Å². The second kappa shape index (κ2) is 5.19. The van der Waals surface area contributed by atoms with E-state index in [1.807, 2.05) is 45.9 Å². The van der Waals surface area contributed by atoms with Crippen LogP contribution in [0.25, 0.3) is 0 Å². The number of hydroxylamine groups is 2. The molecule has 0 N–H and O–H groups in total. The van der Waals surface area contributed by atoms with Crippen LogP contribution >= 0.6 is 0 Å². The van der Waals surface area contributed by atoms with Gasteiger partial charge in [-0.1, -0.05) is 18.2 Å². The molecule has 0 bridgehead atoms. The predicted molar refractivity (Wildman–Crippen MR) is 75.6 cm³/mol. The van der Waals surface area contributed by atoms with Crippen LogP contribution in [0.15, 0.2) is 30.3 Å². The highest BCUT2D eigenvalue weighted by Gasteiger charge is 2.47. The summed E-state index contributed by atoms with van der Waals surface area (Å²) in [4.78, 5) is 12.1. The molecule has 1 aromatic rings. The highest BCUT2D eigenvalue weighted by molar-refractivity contribution is 5.89. The predicted octanol–water partition coefficient (Wildman–Crippen LogP) is 3.21. The number of benzene rings is 1. The smallest absolute Gasteiger partial charge is 0.338 e. The number of carbonyl (C=O) groups is 1. The molecule has 0 spiro atoms. The third kappa shape index (κ3) is 3.02. The largest absolute Gasteiger partial charge is 0.459 e. The van der Waals surface area contributed by atoms with E-state index in [-0.39, 0.29) is 12.1 Å². The number of ether oxygens (including phenoxy) is 1. The van der Waals surface area contributed by atoms with Crippen LogP contribution < -0.4 is 0 Å². The van der Waals surface area contributed by atoms with Crippen molar-refractivity contribution >= 4 is 5.97 Å². The second-order valence-electron chi connectivity index (χ2n) is 6.72. The van der Waals surface area contributed by atoms with E-state index in [9.17, 15) is 10.0 Å². The van der Waals surface area contributed by atoms with E-state index in [4.69, 9.17) is 4.74 Å². The molecule has 0 aliphatic carbocycles. The average Bonchev–Trinajstić information content (AvgIpc) is 2.36. The maximum absolute atomic E-state index is 12.2. The zero-order chi connectivity index (χ0) is 15.0. The summed E-state index contributed by atoms with van der Waals surface area (Å²) in [6.45, 7) is 7.57. The summed E-state index contributed by atoms with van der Waals surface area (Å²) in [5.74, 6) is -0.318. The molecular formula is C16H22NO3. The van der Waals surface area contributed by atoms with Gasteiger partial charge in [0.15, 0.2) is 0 Å². The van der Waals surface area contributed by atoms with Gasteiger partial charge in [0.2, 0.25) is 0 Å². The van der Waals surface area contributed by atoms with E-state index < -0.39 is 11.1 Å². The number of piperidine rings is 1. The summed E-state index contributed by atoms with van der Waals surface area (Å²) in [6, 6.07) is 8.96. The van der Waals surface area contributed by atoms with E-state index in [0.29, 0.717) is 18.4 Å². The highest BCUT2D eigenvalue weighted by Crippen LogP contribution is 2.38. The molecular weight excluding hydrogens is 254 g/mol. The lowest BCUT2D eigenvalue weighted by Gasteiger charge is -2.49. The van der Waals surface area contributed by atoms with Crippen LogP contribution in [0.1, 0.15) is 50.9 Å². The van der Waals surface area contributed by atoms with Gasteiger partial charge in [0.05, 0.1) is 5.56 Å². The number of hydrogen-bond donors (Lipinski definition) is 0. The van der Waals surface area contributed by atoms with E-state index >= 15 is 0 Å². The van der Waals surface area contributed by atoms with Crippen molar-refractivity contribution in [3.8, 4) is 0 Å². The molecule has 2 rings (SSSR count). The molecule has 4 heteroatoms. The van der Waals surface area contributed by atoms with E-state index in [1.165, 1.54) is 0 Å². The van der Waals surface area contributed by atoms with Crippen LogP contribution in [0.2, 0.25) is 0 Å². The third-order valence-electron chi connectivity index (χ3n) is 3.84. The Balaban J connectivity index is 2.09. The standard InChI is InChI=1S/C16H22NO3/c1-15(2)10-13(11-16(3,4)17(15)19)20-14(18)12-8-6-5-7-9-12/h5-9,13H,10-11H2,1-4H3. The number of carbonyl (C=O) groups excluding carboxylic acids is 1. The van der Waals surface area contributed by atoms with Crippen molar-refractivity contribution in [1.29, 1.82) is 0 Å². The van der Waals surface area contributed by atoms with Crippen molar-refractivity contribution in [2.45, 2.75) is 57.7 Å². The van der Waals surface area contributed by atoms with Crippen LogP contribution in [-0.4, -0.2) is 28.2 Å². The van der Waals surface area contributed by atoms with E-state index in [2.05, 4.69) is 0 Å². The molecule has 1 heterocycles. The van der Waals surface area contributed by atoms with Gasteiger partial charge >= 0.3 is 5.97 Å². The van der Waals surface area contributed by atoms with Crippen LogP contribution in [-0.2, 0) is 9.94 Å². The van der Waals surface area contributed by atoms with Crippen LogP contribution in [0.5, 0.6) is 0 Å². The molecule has 0 amide bonds. The molecule has 20 heavy (non-hydrogen) atoms. The van der Waals surface area contributed by atoms with E-state index in [0.717, 1.165) is 5.06 Å². The second-order valence-corrected chi connectivity index (χ2v) is 6.72. The monoisotopic (exact) mass is 276 g/mol. The number of hydrogen-bond acceptors (Lipinski definition) is 3. The first-order valence-corrected chi connectivity index (χ1v) is 6.96. The van der Waals surface area contributed by atoms with Gasteiger partial charge in [0.25, 0.3) is 0 Å². The summed E-state index contributed by atoms with van der Waals surface area (Å²) in [5.41, 5.74) is -0.500. The first-order valence-electron chi connectivity index (χ1n) is 6.96. The summed E-state index contributed by atoms with van der Waals surface area (Å²) in [7, 11) is 0. The maximum Gasteiger partial charge on any atom is 0.338 e. The number of rotatable bonds is 2. The molecule has 1 saturated heterocycles. The Morgan fingerprint density at radius 1 is 1.10 bits per heavy atom. The summed E-state index contributed by atoms with van der Waals surface area (Å²) < 4.78 is 5.59. The fourth-order valence-corrected chi connectivity index (χ4v) is 3.05. The Morgan fingerprint density at radius 3 is 2.10 bits per heavy atom. The Morgan fingerprint density at radius 2 is 1.60 bits per heavy atom. The van der Waals surface area contributed by atoms with E-state index in [1.54, 1.807) is 12.1 Å². The van der Waals surface area contributed by atoms with Gasteiger partial charge < -0.3 is 4.74 Å². The van der Waals surface area contributed by atoms with Crippen molar-refractivity contribution in [3.05, 3.63) is 35.9 Å². The molecule has 109 valence electrons. The normalized spacial score (nSPS) is 22.4. The first kappa shape index (κ1) is 15.0. The summed E-state index contributed by atoms with van der Waals surface area (Å²) in [5, 5.41) is 13.4. The quantitative estimate of drug-likeness (QED) is 0.779. The fourth-order valence-electron chi connectivity index (χ4n) is 3.05. The molecule has 1 aliphatic heterocycles. The zero-order valence-corrected chi connectivity index (χ0v) is 12.6. The molecule has 0 unspecified atom stereocenters. The van der Waals surface area contributed by atoms with Crippen molar-refractivity contribution in [3.63, 3.8) is 0 Å². The van der Waals surface area contributed by atoms with Crippen LogP contribution in [0, 0.1) is 0 Å². The van der Waals surface area contributed by atoms with Crippen molar-refractivity contribution < 1.29 is 14.7 Å². The molecule has 1 aromatic carbocycles. The Kier molecular flexibility index (Phi) is 3.89. The number of nitrogens with zero attached hydrogens (tertiary/aromatic N) is 1. The molecule has 1 radical (unpaired) electrons. The van der Waals surface area contributed by atoms with Gasteiger partial charge in [0.1, 0.15) is 6.10 Å². The maximum atomic E-state index is 12.2. The van der Waals surface area contributed by atoms with Gasteiger partial charge in [-0.15, -0.1) is 10.3 Å². The van der Waals surface area contributed by atoms with Crippen LogP contribution in [0.3, 0.4) is 0 Å².